The second kappa shape index (κ2) is 7.17. The molecule has 0 radical (unpaired) electrons. The van der Waals surface area contributed by atoms with Gasteiger partial charge in [-0.1, -0.05) is 30.0 Å². The Hall–Kier alpha value is -1.51. The molecule has 1 aromatic carbocycles. The molecule has 1 rings (SSSR count). The van der Waals surface area contributed by atoms with Gasteiger partial charge in [-0.15, -0.1) is 0 Å². The number of nitrogens with zero attached hydrogens (tertiary/aromatic N) is 1. The fraction of sp³-hybridized carbons (Fsp3) is 0.429. The van der Waals surface area contributed by atoms with Gasteiger partial charge in [-0.2, -0.15) is 13.2 Å². The van der Waals surface area contributed by atoms with Crippen LogP contribution in [0.1, 0.15) is 17.5 Å². The zero-order chi connectivity index (χ0) is 14.3. The quantitative estimate of drug-likeness (QED) is 0.850. The third-order valence-corrected chi connectivity index (χ3v) is 2.37. The van der Waals surface area contributed by atoms with Crippen LogP contribution in [0, 0.1) is 11.8 Å². The molecule has 0 heterocycles. The molecule has 19 heavy (non-hydrogen) atoms. The van der Waals surface area contributed by atoms with Crippen molar-refractivity contribution in [1.82, 2.24) is 4.90 Å². The van der Waals surface area contributed by atoms with Gasteiger partial charge < -0.3 is 5.11 Å². The van der Waals surface area contributed by atoms with Crippen molar-refractivity contribution in [2.75, 3.05) is 20.2 Å². The normalized spacial score (nSPS) is 11.3. The first-order valence-electron chi connectivity index (χ1n) is 5.85. The third kappa shape index (κ3) is 6.27. The third-order valence-electron chi connectivity index (χ3n) is 2.37. The Bertz CT molecular complexity index is 460. The summed E-state index contributed by atoms with van der Waals surface area (Å²) in [4.78, 5) is 1.20. The predicted molar refractivity (Wildman–Crippen MR) is 67.4 cm³/mol. The summed E-state index contributed by atoms with van der Waals surface area (Å²) in [6.07, 6.45) is -3.85. The van der Waals surface area contributed by atoms with Crippen LogP contribution >= 0.6 is 0 Å². The van der Waals surface area contributed by atoms with Gasteiger partial charge in [-0.3, -0.25) is 4.90 Å². The maximum absolute atomic E-state index is 12.3. The van der Waals surface area contributed by atoms with Crippen molar-refractivity contribution in [3.05, 3.63) is 35.4 Å². The summed E-state index contributed by atoms with van der Waals surface area (Å²) < 4.78 is 36.8. The highest BCUT2D eigenvalue weighted by Crippen LogP contribution is 2.18. The Labute approximate surface area is 110 Å². The maximum Gasteiger partial charge on any atom is 0.401 e. The molecule has 0 spiro atoms. The number of benzene rings is 1. The van der Waals surface area contributed by atoms with Crippen LogP contribution in [0.15, 0.2) is 24.3 Å². The van der Waals surface area contributed by atoms with Gasteiger partial charge in [-0.05, 0) is 18.7 Å². The van der Waals surface area contributed by atoms with Crippen LogP contribution in [-0.4, -0.2) is 36.4 Å². The molecule has 1 N–H and O–H groups in total. The van der Waals surface area contributed by atoms with E-state index in [-0.39, 0.29) is 13.2 Å². The SMILES string of the molecule is CN(Cc1ccccc1C#CCCO)CC(F)(F)F. The van der Waals surface area contributed by atoms with Gasteiger partial charge in [0, 0.05) is 18.5 Å². The smallest absolute Gasteiger partial charge is 0.395 e. The molecular weight excluding hydrogens is 255 g/mol. The first-order chi connectivity index (χ1) is 8.92. The minimum atomic E-state index is -4.20. The summed E-state index contributed by atoms with van der Waals surface area (Å²) >= 11 is 0. The molecule has 0 aliphatic carbocycles. The largest absolute Gasteiger partial charge is 0.401 e. The lowest BCUT2D eigenvalue weighted by Gasteiger charge is -2.19. The summed E-state index contributed by atoms with van der Waals surface area (Å²) in [6, 6.07) is 7.08. The van der Waals surface area contributed by atoms with Gasteiger partial charge >= 0.3 is 6.18 Å². The molecule has 0 fully saturated rings. The van der Waals surface area contributed by atoms with Crippen molar-refractivity contribution in [3.63, 3.8) is 0 Å². The zero-order valence-electron chi connectivity index (χ0n) is 10.7. The van der Waals surface area contributed by atoms with Crippen LogP contribution in [0.25, 0.3) is 0 Å². The van der Waals surface area contributed by atoms with Gasteiger partial charge in [0.1, 0.15) is 0 Å². The minimum absolute atomic E-state index is 0.0247. The fourth-order valence-electron chi connectivity index (χ4n) is 1.65. The molecule has 0 bridgehead atoms. The Morgan fingerprint density at radius 1 is 1.26 bits per heavy atom. The summed E-state index contributed by atoms with van der Waals surface area (Å²) in [5.41, 5.74) is 1.45. The summed E-state index contributed by atoms with van der Waals surface area (Å²) in [5.74, 6) is 5.64. The summed E-state index contributed by atoms with van der Waals surface area (Å²) in [6.45, 7) is -0.794. The molecule has 2 nitrogen and oxygen atoms in total. The number of aliphatic hydroxyl groups is 1. The second-order valence-electron chi connectivity index (χ2n) is 4.22. The highest BCUT2D eigenvalue weighted by Gasteiger charge is 2.29. The number of rotatable bonds is 4. The van der Waals surface area contributed by atoms with E-state index in [1.54, 1.807) is 24.3 Å². The van der Waals surface area contributed by atoms with Crippen LogP contribution in [0.5, 0.6) is 0 Å². The van der Waals surface area contributed by atoms with Gasteiger partial charge in [0.15, 0.2) is 0 Å². The standard InChI is InChI=1S/C14H16F3NO/c1-18(11-14(15,16)17)10-13-8-3-2-6-12(13)7-4-5-9-19/h2-3,6,8,19H,5,9-11H2,1H3. The maximum atomic E-state index is 12.3. The van der Waals surface area contributed by atoms with E-state index < -0.39 is 12.7 Å². The lowest BCUT2D eigenvalue weighted by atomic mass is 10.1. The van der Waals surface area contributed by atoms with Crippen molar-refractivity contribution >= 4 is 0 Å². The van der Waals surface area contributed by atoms with Crippen LogP contribution in [-0.2, 0) is 6.54 Å². The first-order valence-corrected chi connectivity index (χ1v) is 5.85. The van der Waals surface area contributed by atoms with E-state index in [1.807, 2.05) is 0 Å². The lowest BCUT2D eigenvalue weighted by molar-refractivity contribution is -0.144. The molecule has 0 aliphatic rings. The number of halogens is 3. The minimum Gasteiger partial charge on any atom is -0.395 e. The molecule has 0 aliphatic heterocycles. The number of hydrogen-bond donors (Lipinski definition) is 1. The molecule has 0 aromatic heterocycles. The molecule has 1 aromatic rings. The van der Waals surface area contributed by atoms with E-state index in [1.165, 1.54) is 11.9 Å². The number of alkyl halides is 3. The molecule has 104 valence electrons. The monoisotopic (exact) mass is 271 g/mol. The Balaban J connectivity index is 2.76. The number of hydrogen-bond acceptors (Lipinski definition) is 2. The summed E-state index contributed by atoms with van der Waals surface area (Å²) in [5, 5.41) is 8.65. The van der Waals surface area contributed by atoms with Gasteiger partial charge in [0.25, 0.3) is 0 Å². The van der Waals surface area contributed by atoms with E-state index in [0.29, 0.717) is 12.0 Å². The van der Waals surface area contributed by atoms with Gasteiger partial charge in [0.05, 0.1) is 13.2 Å². The van der Waals surface area contributed by atoms with Crippen molar-refractivity contribution in [3.8, 4) is 11.8 Å². The van der Waals surface area contributed by atoms with Crippen LogP contribution in [0.2, 0.25) is 0 Å². The van der Waals surface area contributed by atoms with Gasteiger partial charge in [-0.25, -0.2) is 0 Å². The van der Waals surface area contributed by atoms with E-state index in [9.17, 15) is 13.2 Å². The Morgan fingerprint density at radius 3 is 2.58 bits per heavy atom. The van der Waals surface area contributed by atoms with Crippen molar-refractivity contribution in [2.45, 2.75) is 19.1 Å². The average Bonchev–Trinajstić information content (AvgIpc) is 2.29. The van der Waals surface area contributed by atoms with Gasteiger partial charge in [0.2, 0.25) is 0 Å². The molecule has 0 saturated heterocycles. The van der Waals surface area contributed by atoms with E-state index in [4.69, 9.17) is 5.11 Å². The predicted octanol–water partition coefficient (Wildman–Crippen LogP) is 2.41. The molecule has 0 saturated carbocycles. The highest BCUT2D eigenvalue weighted by atomic mass is 19.4. The van der Waals surface area contributed by atoms with E-state index in [2.05, 4.69) is 11.8 Å². The Morgan fingerprint density at radius 2 is 1.95 bits per heavy atom. The fourth-order valence-corrected chi connectivity index (χ4v) is 1.65. The van der Waals surface area contributed by atoms with E-state index >= 15 is 0 Å². The van der Waals surface area contributed by atoms with Crippen molar-refractivity contribution in [2.24, 2.45) is 0 Å². The van der Waals surface area contributed by atoms with E-state index in [0.717, 1.165) is 5.56 Å². The first kappa shape index (κ1) is 15.5. The van der Waals surface area contributed by atoms with Crippen molar-refractivity contribution in [1.29, 1.82) is 0 Å². The zero-order valence-corrected chi connectivity index (χ0v) is 10.7. The second-order valence-corrected chi connectivity index (χ2v) is 4.22. The molecular formula is C14H16F3NO. The highest BCUT2D eigenvalue weighted by molar-refractivity contribution is 5.41. The molecule has 0 atom stereocenters. The molecule has 5 heteroatoms. The van der Waals surface area contributed by atoms with Crippen LogP contribution in [0.3, 0.4) is 0 Å². The summed E-state index contributed by atoms with van der Waals surface area (Å²) in [7, 11) is 1.42. The lowest BCUT2D eigenvalue weighted by Crippen LogP contribution is -2.30. The van der Waals surface area contributed by atoms with Crippen LogP contribution < -0.4 is 0 Å². The number of aliphatic hydroxyl groups excluding tert-OH is 1. The van der Waals surface area contributed by atoms with Crippen LogP contribution in [0.4, 0.5) is 13.2 Å². The Kier molecular flexibility index (Phi) is 5.87. The molecule has 0 unspecified atom stereocenters. The van der Waals surface area contributed by atoms with Crippen molar-refractivity contribution < 1.29 is 18.3 Å². The molecule has 0 amide bonds. The average molecular weight is 271 g/mol. The topological polar surface area (TPSA) is 23.5 Å².